The summed E-state index contributed by atoms with van der Waals surface area (Å²) in [5.41, 5.74) is 0.945. The average molecular weight is 343 g/mol. The highest BCUT2D eigenvalue weighted by Crippen LogP contribution is 2.30. The minimum Gasteiger partial charge on any atom is -0.489 e. The van der Waals surface area contributed by atoms with Crippen LogP contribution in [0.25, 0.3) is 11.0 Å². The Balaban J connectivity index is 2.00. The van der Waals surface area contributed by atoms with Gasteiger partial charge in [-0.15, -0.1) is 0 Å². The van der Waals surface area contributed by atoms with Crippen LogP contribution in [0.15, 0.2) is 40.9 Å². The summed E-state index contributed by atoms with van der Waals surface area (Å²) in [5, 5.41) is 0.498. The fourth-order valence-electron chi connectivity index (χ4n) is 2.46. The van der Waals surface area contributed by atoms with Crippen molar-refractivity contribution in [3.63, 3.8) is 0 Å². The number of furan rings is 1. The number of benzene rings is 1. The Bertz CT molecular complexity index is 983. The maximum absolute atomic E-state index is 12.2. The highest BCUT2D eigenvalue weighted by molar-refractivity contribution is 6.04. The molecule has 0 saturated carbocycles. The number of carbonyl (C=O) groups excluding carboxylic acids is 1. The first-order valence-electron chi connectivity index (χ1n) is 8.76. The van der Waals surface area contributed by atoms with Gasteiger partial charge in [0.15, 0.2) is 0 Å². The van der Waals surface area contributed by atoms with Crippen LogP contribution in [-0.2, 0) is 11.3 Å². The third-order valence-corrected chi connectivity index (χ3v) is 3.56. The van der Waals surface area contributed by atoms with E-state index in [-0.39, 0.29) is 23.8 Å². The minimum atomic E-state index is -2.20. The van der Waals surface area contributed by atoms with Crippen molar-refractivity contribution in [2.24, 2.45) is 0 Å². The molecule has 0 amide bonds. The van der Waals surface area contributed by atoms with Crippen molar-refractivity contribution < 1.29 is 26.2 Å². The first-order chi connectivity index (χ1) is 12.9. The number of aromatic nitrogens is 1. The topological polar surface area (TPSA) is 70.8 Å². The van der Waals surface area contributed by atoms with Crippen molar-refractivity contribution in [3.8, 4) is 11.6 Å². The van der Waals surface area contributed by atoms with E-state index < -0.39 is 12.5 Å². The van der Waals surface area contributed by atoms with Gasteiger partial charge in [0.2, 0.25) is 5.88 Å². The maximum atomic E-state index is 12.2. The van der Waals surface area contributed by atoms with Gasteiger partial charge in [0.05, 0.1) is 22.0 Å². The molecule has 0 saturated heterocycles. The van der Waals surface area contributed by atoms with Crippen molar-refractivity contribution in [1.29, 1.82) is 0 Å². The number of hydrogen-bond donors (Lipinski definition) is 0. The number of nitrogens with zero attached hydrogens (tertiary/aromatic N) is 1. The lowest BCUT2D eigenvalue weighted by molar-refractivity contribution is 0.0526. The van der Waals surface area contributed by atoms with Crippen LogP contribution in [0, 0.1) is 6.92 Å². The van der Waals surface area contributed by atoms with Crippen molar-refractivity contribution in [1.82, 2.24) is 4.98 Å². The number of pyridine rings is 1. The summed E-state index contributed by atoms with van der Waals surface area (Å²) in [7, 11) is 1.41. The second kappa shape index (κ2) is 7.25. The van der Waals surface area contributed by atoms with Gasteiger partial charge in [0.1, 0.15) is 29.2 Å². The third kappa shape index (κ3) is 3.42. The van der Waals surface area contributed by atoms with Crippen molar-refractivity contribution in [3.05, 3.63) is 53.4 Å². The predicted molar refractivity (Wildman–Crippen MR) is 92.0 cm³/mol. The molecule has 0 bridgehead atoms. The molecule has 0 aliphatic carbocycles. The van der Waals surface area contributed by atoms with Gasteiger partial charge >= 0.3 is 5.97 Å². The van der Waals surface area contributed by atoms with Crippen LogP contribution in [0.2, 0.25) is 0 Å². The normalized spacial score (nSPS) is 12.4. The number of ether oxygens (including phenoxy) is 3. The summed E-state index contributed by atoms with van der Waals surface area (Å²) in [6, 6.07) is 7.88. The molecule has 0 N–H and O–H groups in total. The number of hydrogen-bond acceptors (Lipinski definition) is 6. The van der Waals surface area contributed by atoms with E-state index in [1.54, 1.807) is 38.1 Å². The summed E-state index contributed by atoms with van der Waals surface area (Å²) in [5.74, 6) is 0.292. The van der Waals surface area contributed by atoms with Crippen LogP contribution < -0.4 is 9.47 Å². The number of aryl methyl sites for hydroxylation is 1. The first kappa shape index (κ1) is 14.3. The zero-order valence-corrected chi connectivity index (χ0v) is 14.2. The Morgan fingerprint density at radius 2 is 2.20 bits per heavy atom. The number of carbonyl (C=O) groups is 1. The molecule has 0 aliphatic heterocycles. The molecule has 1 aromatic carbocycles. The largest absolute Gasteiger partial charge is 0.489 e. The van der Waals surface area contributed by atoms with E-state index in [0.717, 1.165) is 0 Å². The molecule has 2 aromatic heterocycles. The van der Waals surface area contributed by atoms with Gasteiger partial charge in [-0.2, -0.15) is 0 Å². The third-order valence-electron chi connectivity index (χ3n) is 3.56. The smallest absolute Gasteiger partial charge is 0.342 e. The number of esters is 1. The van der Waals surface area contributed by atoms with E-state index in [0.29, 0.717) is 22.3 Å². The van der Waals surface area contributed by atoms with Crippen LogP contribution in [-0.4, -0.2) is 24.7 Å². The van der Waals surface area contributed by atoms with Crippen LogP contribution in [0.3, 0.4) is 0 Å². The maximum Gasteiger partial charge on any atom is 0.342 e. The van der Waals surface area contributed by atoms with Crippen LogP contribution in [0.1, 0.15) is 31.3 Å². The van der Waals surface area contributed by atoms with Gasteiger partial charge in [-0.3, -0.25) is 0 Å². The second-order valence-corrected chi connectivity index (χ2v) is 5.18. The van der Waals surface area contributed by atoms with E-state index in [2.05, 4.69) is 4.98 Å². The summed E-state index contributed by atoms with van der Waals surface area (Å²) in [6.45, 7) is 1.44. The Hall–Kier alpha value is -3.02. The molecule has 0 radical (unpaired) electrons. The van der Waals surface area contributed by atoms with E-state index in [1.807, 2.05) is 0 Å². The standard InChI is InChI=1S/C19H19NO5/c1-4-23-19(21)17-12(2)25-16-8-7-14(10-15(16)17)24-11-13-6-5-9-20-18(13)22-3/h5-10H,4,11H2,1-3H3/i11D2. The monoisotopic (exact) mass is 343 g/mol. The van der Waals surface area contributed by atoms with Crippen molar-refractivity contribution in [2.45, 2.75) is 20.4 Å². The van der Waals surface area contributed by atoms with Gasteiger partial charge in [0.25, 0.3) is 0 Å². The molecule has 0 atom stereocenters. The molecule has 2 heterocycles. The average Bonchev–Trinajstić information content (AvgIpc) is 2.96. The lowest BCUT2D eigenvalue weighted by Crippen LogP contribution is -2.05. The Morgan fingerprint density at radius 3 is 2.96 bits per heavy atom. The van der Waals surface area contributed by atoms with Gasteiger partial charge in [-0.05, 0) is 44.2 Å². The quantitative estimate of drug-likeness (QED) is 0.632. The molecule has 3 aromatic rings. The molecule has 3 rings (SSSR count). The lowest BCUT2D eigenvalue weighted by atomic mass is 10.1. The molecule has 0 fully saturated rings. The highest BCUT2D eigenvalue weighted by Gasteiger charge is 2.20. The summed E-state index contributed by atoms with van der Waals surface area (Å²) in [4.78, 5) is 16.2. The molecule has 6 heteroatoms. The molecule has 0 aliphatic rings. The van der Waals surface area contributed by atoms with E-state index >= 15 is 0 Å². The van der Waals surface area contributed by atoms with Crippen molar-refractivity contribution in [2.75, 3.05) is 13.7 Å². The summed E-state index contributed by atoms with van der Waals surface area (Å²) in [6.07, 6.45) is 1.50. The van der Waals surface area contributed by atoms with Gasteiger partial charge in [-0.1, -0.05) is 0 Å². The van der Waals surface area contributed by atoms with E-state index in [9.17, 15) is 4.79 Å². The number of rotatable bonds is 6. The van der Waals surface area contributed by atoms with E-state index in [4.69, 9.17) is 21.4 Å². The SMILES string of the molecule is [2H]C([2H])(Oc1ccc2oc(C)c(C(=O)OCC)c2c1)c1cccnc1OC. The number of methoxy groups -OCH3 is 1. The second-order valence-electron chi connectivity index (χ2n) is 5.18. The van der Waals surface area contributed by atoms with Crippen LogP contribution in [0.5, 0.6) is 11.6 Å². The Labute approximate surface area is 148 Å². The predicted octanol–water partition coefficient (Wildman–Crippen LogP) is 3.90. The zero-order chi connectivity index (χ0) is 19.6. The highest BCUT2D eigenvalue weighted by atomic mass is 16.5. The number of fused-ring (bicyclic) bond motifs is 1. The van der Waals surface area contributed by atoms with Crippen LogP contribution in [0.4, 0.5) is 0 Å². The molecule has 6 nitrogen and oxygen atoms in total. The molecular weight excluding hydrogens is 322 g/mol. The van der Waals surface area contributed by atoms with Gasteiger partial charge in [-0.25, -0.2) is 9.78 Å². The molecule has 130 valence electrons. The summed E-state index contributed by atoms with van der Waals surface area (Å²) >= 11 is 0. The molecule has 0 spiro atoms. The Morgan fingerprint density at radius 1 is 1.36 bits per heavy atom. The molecule has 0 unspecified atom stereocenters. The molecular formula is C19H19NO5. The first-order valence-corrected chi connectivity index (χ1v) is 7.76. The fourth-order valence-corrected chi connectivity index (χ4v) is 2.46. The zero-order valence-electron chi connectivity index (χ0n) is 16.2. The van der Waals surface area contributed by atoms with E-state index in [1.165, 1.54) is 19.4 Å². The minimum absolute atomic E-state index is 0.134. The van der Waals surface area contributed by atoms with Gasteiger partial charge < -0.3 is 18.6 Å². The van der Waals surface area contributed by atoms with Crippen molar-refractivity contribution >= 4 is 16.9 Å². The fraction of sp³-hybridized carbons (Fsp3) is 0.263. The summed E-state index contributed by atoms with van der Waals surface area (Å²) < 4.78 is 37.9. The lowest BCUT2D eigenvalue weighted by Gasteiger charge is -2.09. The van der Waals surface area contributed by atoms with Crippen LogP contribution >= 0.6 is 0 Å². The van der Waals surface area contributed by atoms with Gasteiger partial charge in [0, 0.05) is 11.6 Å². The molecule has 25 heavy (non-hydrogen) atoms. The Kier molecular flexibility index (Phi) is 4.16.